The number of halogens is 1. The summed E-state index contributed by atoms with van der Waals surface area (Å²) in [5, 5.41) is 9.51. The van der Waals surface area contributed by atoms with Crippen LogP contribution in [-0.4, -0.2) is 69.9 Å². The average molecular weight is 440 g/mol. The molecule has 1 unspecified atom stereocenters. The molecule has 168 valence electrons. The molecular formula is C22H25FN6O3. The number of aromatic amines is 1. The number of nitrogens with one attached hydrogen (secondary N) is 2. The van der Waals surface area contributed by atoms with Crippen molar-refractivity contribution in [2.45, 2.75) is 38.9 Å². The Balaban J connectivity index is 1.27. The van der Waals surface area contributed by atoms with Gasteiger partial charge in [0.25, 0.3) is 5.91 Å². The van der Waals surface area contributed by atoms with Crippen LogP contribution in [0.2, 0.25) is 0 Å². The zero-order chi connectivity index (χ0) is 22.4. The number of anilines is 1. The van der Waals surface area contributed by atoms with Gasteiger partial charge in [0.15, 0.2) is 0 Å². The minimum absolute atomic E-state index is 0.193. The molecule has 0 aliphatic carbocycles. The molecule has 1 aromatic carbocycles. The maximum Gasteiger partial charge on any atom is 0.255 e. The largest absolute Gasteiger partial charge is 0.367 e. The van der Waals surface area contributed by atoms with Crippen molar-refractivity contribution in [1.29, 1.82) is 0 Å². The third kappa shape index (κ3) is 3.75. The lowest BCUT2D eigenvalue weighted by Crippen LogP contribution is -2.52. The molecule has 2 N–H and O–H groups in total. The van der Waals surface area contributed by atoms with E-state index in [0.29, 0.717) is 29.9 Å². The number of hydrogen-bond acceptors (Lipinski definition) is 6. The molecule has 3 aliphatic rings. The number of rotatable bonds is 4. The van der Waals surface area contributed by atoms with Crippen LogP contribution in [0, 0.1) is 12.7 Å². The third-order valence-electron chi connectivity index (χ3n) is 6.45. The Hall–Kier alpha value is -3.27. The van der Waals surface area contributed by atoms with Crippen molar-refractivity contribution in [1.82, 2.24) is 25.3 Å². The van der Waals surface area contributed by atoms with E-state index in [9.17, 15) is 18.8 Å². The first kappa shape index (κ1) is 20.6. The Morgan fingerprint density at radius 1 is 1.12 bits per heavy atom. The van der Waals surface area contributed by atoms with Crippen LogP contribution in [0.5, 0.6) is 0 Å². The molecule has 32 heavy (non-hydrogen) atoms. The number of piperazine rings is 1. The van der Waals surface area contributed by atoms with E-state index in [2.05, 4.69) is 20.4 Å². The van der Waals surface area contributed by atoms with Gasteiger partial charge in [-0.1, -0.05) is 0 Å². The van der Waals surface area contributed by atoms with Crippen LogP contribution in [0.15, 0.2) is 18.2 Å². The van der Waals surface area contributed by atoms with E-state index in [1.54, 1.807) is 6.07 Å². The van der Waals surface area contributed by atoms with Gasteiger partial charge < -0.3 is 9.80 Å². The van der Waals surface area contributed by atoms with Gasteiger partial charge in [-0.05, 0) is 37.1 Å². The summed E-state index contributed by atoms with van der Waals surface area (Å²) in [6, 6.07) is 4.35. The van der Waals surface area contributed by atoms with Crippen molar-refractivity contribution in [3.8, 4) is 0 Å². The van der Waals surface area contributed by atoms with Crippen LogP contribution in [0.1, 0.15) is 40.2 Å². The summed E-state index contributed by atoms with van der Waals surface area (Å²) < 4.78 is 15.0. The molecule has 2 aromatic rings. The molecule has 2 saturated heterocycles. The number of piperidine rings is 1. The van der Waals surface area contributed by atoms with Gasteiger partial charge in [0.05, 0.1) is 11.4 Å². The number of carbonyl (C=O) groups is 3. The van der Waals surface area contributed by atoms with Crippen molar-refractivity contribution in [2.75, 3.05) is 31.1 Å². The standard InChI is InChI=1S/C22H25FN6O3/c1-13-8-15(26-25-13)12-27-4-6-28(7-5-27)19-9-14-11-29(22(32)16(14)10-17(19)23)18-2-3-20(30)24-21(18)31/h8-10,18H,2-7,11-12H2,1H3,(H,25,26)(H,24,30,31). The highest BCUT2D eigenvalue weighted by Gasteiger charge is 2.39. The van der Waals surface area contributed by atoms with Crippen LogP contribution in [-0.2, 0) is 22.7 Å². The summed E-state index contributed by atoms with van der Waals surface area (Å²) in [6.07, 6.45) is 0.482. The number of imide groups is 1. The van der Waals surface area contributed by atoms with Gasteiger partial charge >= 0.3 is 0 Å². The minimum Gasteiger partial charge on any atom is -0.367 e. The molecule has 2 fully saturated rings. The normalized spacial score (nSPS) is 21.8. The van der Waals surface area contributed by atoms with E-state index < -0.39 is 17.8 Å². The maximum atomic E-state index is 15.0. The first-order valence-corrected chi connectivity index (χ1v) is 10.8. The van der Waals surface area contributed by atoms with Crippen molar-refractivity contribution in [2.24, 2.45) is 0 Å². The molecule has 0 saturated carbocycles. The fraction of sp³-hybridized carbons (Fsp3) is 0.455. The van der Waals surface area contributed by atoms with Crippen LogP contribution in [0.3, 0.4) is 0 Å². The molecule has 3 aliphatic heterocycles. The topological polar surface area (TPSA) is 102 Å². The lowest BCUT2D eigenvalue weighted by molar-refractivity contribution is -0.136. The molecular weight excluding hydrogens is 415 g/mol. The van der Waals surface area contributed by atoms with E-state index in [1.165, 1.54) is 11.0 Å². The van der Waals surface area contributed by atoms with Crippen LogP contribution in [0.25, 0.3) is 0 Å². The zero-order valence-corrected chi connectivity index (χ0v) is 17.9. The van der Waals surface area contributed by atoms with E-state index in [0.717, 1.165) is 31.0 Å². The smallest absolute Gasteiger partial charge is 0.255 e. The number of benzene rings is 1. The predicted molar refractivity (Wildman–Crippen MR) is 113 cm³/mol. The van der Waals surface area contributed by atoms with Crippen LogP contribution in [0.4, 0.5) is 10.1 Å². The molecule has 3 amide bonds. The van der Waals surface area contributed by atoms with Crippen molar-refractivity contribution in [3.05, 3.63) is 46.5 Å². The van der Waals surface area contributed by atoms with E-state index in [1.807, 2.05) is 17.9 Å². The fourth-order valence-electron chi connectivity index (χ4n) is 4.75. The van der Waals surface area contributed by atoms with Gasteiger partial charge in [0.1, 0.15) is 11.9 Å². The summed E-state index contributed by atoms with van der Waals surface area (Å²) in [7, 11) is 0. The molecule has 1 aromatic heterocycles. The summed E-state index contributed by atoms with van der Waals surface area (Å²) in [5.41, 5.74) is 3.51. The van der Waals surface area contributed by atoms with Crippen LogP contribution >= 0.6 is 0 Å². The Morgan fingerprint density at radius 2 is 1.91 bits per heavy atom. The molecule has 10 heteroatoms. The third-order valence-corrected chi connectivity index (χ3v) is 6.45. The maximum absolute atomic E-state index is 15.0. The van der Waals surface area contributed by atoms with E-state index in [4.69, 9.17) is 0 Å². The highest BCUT2D eigenvalue weighted by molar-refractivity contribution is 6.05. The average Bonchev–Trinajstić information content (AvgIpc) is 3.31. The molecule has 9 nitrogen and oxygen atoms in total. The van der Waals surface area contributed by atoms with E-state index in [-0.39, 0.29) is 31.2 Å². The Morgan fingerprint density at radius 3 is 2.59 bits per heavy atom. The number of aromatic nitrogens is 2. The zero-order valence-electron chi connectivity index (χ0n) is 17.9. The van der Waals surface area contributed by atoms with Gasteiger partial charge in [0.2, 0.25) is 11.8 Å². The number of carbonyl (C=O) groups excluding carboxylic acids is 3. The molecule has 0 bridgehead atoms. The van der Waals surface area contributed by atoms with Crippen molar-refractivity contribution in [3.63, 3.8) is 0 Å². The van der Waals surface area contributed by atoms with Gasteiger partial charge in [-0.3, -0.25) is 29.7 Å². The monoisotopic (exact) mass is 440 g/mol. The highest BCUT2D eigenvalue weighted by atomic mass is 19.1. The lowest BCUT2D eigenvalue weighted by Gasteiger charge is -2.36. The first-order chi connectivity index (χ1) is 15.4. The second-order valence-electron chi connectivity index (χ2n) is 8.67. The molecule has 0 spiro atoms. The SMILES string of the molecule is Cc1cc(CN2CCN(c3cc4c(cc3F)C(=O)N(C3CCC(=O)NC3=O)C4)CC2)n[nH]1. The highest BCUT2D eigenvalue weighted by Crippen LogP contribution is 2.33. The number of amides is 3. The minimum atomic E-state index is -0.701. The van der Waals surface area contributed by atoms with Gasteiger partial charge in [-0.2, -0.15) is 5.10 Å². The second kappa shape index (κ2) is 8.01. The Labute approximate surface area is 184 Å². The summed E-state index contributed by atoms with van der Waals surface area (Å²) in [6.45, 7) is 5.87. The predicted octanol–water partition coefficient (Wildman–Crippen LogP) is 0.940. The summed E-state index contributed by atoms with van der Waals surface area (Å²) in [4.78, 5) is 42.2. The lowest BCUT2D eigenvalue weighted by atomic mass is 10.0. The first-order valence-electron chi connectivity index (χ1n) is 10.8. The van der Waals surface area contributed by atoms with Gasteiger partial charge in [-0.15, -0.1) is 0 Å². The van der Waals surface area contributed by atoms with Crippen LogP contribution < -0.4 is 10.2 Å². The second-order valence-corrected chi connectivity index (χ2v) is 8.67. The van der Waals surface area contributed by atoms with Gasteiger partial charge in [-0.25, -0.2) is 4.39 Å². The number of nitrogens with zero attached hydrogens (tertiary/aromatic N) is 4. The number of aryl methyl sites for hydroxylation is 1. The quantitative estimate of drug-likeness (QED) is 0.687. The number of hydrogen-bond donors (Lipinski definition) is 2. The molecule has 0 radical (unpaired) electrons. The number of fused-ring (bicyclic) bond motifs is 1. The fourth-order valence-corrected chi connectivity index (χ4v) is 4.75. The molecule has 1 atom stereocenters. The Kier molecular flexibility index (Phi) is 5.16. The Bertz CT molecular complexity index is 1090. The summed E-state index contributed by atoms with van der Waals surface area (Å²) in [5.74, 6) is -1.59. The van der Waals surface area contributed by atoms with Crippen molar-refractivity contribution >= 4 is 23.4 Å². The van der Waals surface area contributed by atoms with Crippen molar-refractivity contribution < 1.29 is 18.8 Å². The number of H-pyrrole nitrogens is 1. The molecule has 5 rings (SSSR count). The van der Waals surface area contributed by atoms with Gasteiger partial charge in [0, 0.05) is 56.9 Å². The molecule has 4 heterocycles. The van der Waals surface area contributed by atoms with E-state index >= 15 is 0 Å². The summed E-state index contributed by atoms with van der Waals surface area (Å²) >= 11 is 0.